The number of amides is 1. The summed E-state index contributed by atoms with van der Waals surface area (Å²) in [5.74, 6) is -0.811. The molecule has 0 aliphatic rings. The van der Waals surface area contributed by atoms with Crippen LogP contribution >= 0.6 is 0 Å². The van der Waals surface area contributed by atoms with Crippen LogP contribution in [0.3, 0.4) is 0 Å². The molecule has 3 rings (SSSR count). The van der Waals surface area contributed by atoms with E-state index in [-0.39, 0.29) is 29.4 Å². The van der Waals surface area contributed by atoms with E-state index in [0.717, 1.165) is 5.56 Å². The van der Waals surface area contributed by atoms with E-state index in [0.29, 0.717) is 30.7 Å². The van der Waals surface area contributed by atoms with Gasteiger partial charge in [0.15, 0.2) is 0 Å². The van der Waals surface area contributed by atoms with Crippen molar-refractivity contribution < 1.29 is 31.1 Å². The van der Waals surface area contributed by atoms with Crippen molar-refractivity contribution in [2.45, 2.75) is 38.7 Å². The van der Waals surface area contributed by atoms with Gasteiger partial charge in [0, 0.05) is 17.9 Å². The average Bonchev–Trinajstić information content (AvgIpc) is 3.04. The van der Waals surface area contributed by atoms with E-state index in [1.807, 2.05) is 30.3 Å². The molecule has 3 aromatic rings. The number of aryl methyl sites for hydroxylation is 1. The first-order valence-electron chi connectivity index (χ1n) is 9.71. The minimum Gasteiger partial charge on any atom is -0.366 e. The Labute approximate surface area is 180 Å². The molecule has 0 aliphatic heterocycles. The van der Waals surface area contributed by atoms with Crippen molar-refractivity contribution in [1.29, 1.82) is 0 Å². The number of primary amides is 1. The third kappa shape index (κ3) is 5.15. The minimum atomic E-state index is -4.97. The molecule has 32 heavy (non-hydrogen) atoms. The van der Waals surface area contributed by atoms with Gasteiger partial charge >= 0.3 is 12.4 Å². The van der Waals surface area contributed by atoms with Crippen LogP contribution in [0.2, 0.25) is 0 Å². The molecule has 0 atom stereocenters. The second-order valence-electron chi connectivity index (χ2n) is 7.43. The number of aromatic nitrogens is 1. The van der Waals surface area contributed by atoms with Crippen LogP contribution in [0.1, 0.15) is 39.2 Å². The van der Waals surface area contributed by atoms with E-state index >= 15 is 0 Å². The molecule has 0 saturated carbocycles. The van der Waals surface area contributed by atoms with Gasteiger partial charge in [0.05, 0.1) is 16.7 Å². The summed E-state index contributed by atoms with van der Waals surface area (Å²) >= 11 is 0. The van der Waals surface area contributed by atoms with E-state index in [1.54, 1.807) is 11.5 Å². The first-order valence-corrected chi connectivity index (χ1v) is 9.71. The molecule has 0 radical (unpaired) electrons. The van der Waals surface area contributed by atoms with Crippen LogP contribution in [-0.4, -0.2) is 10.5 Å². The lowest BCUT2D eigenvalue weighted by Crippen LogP contribution is -2.13. The molecule has 170 valence electrons. The fourth-order valence-corrected chi connectivity index (χ4v) is 3.61. The second kappa shape index (κ2) is 8.72. The van der Waals surface area contributed by atoms with Crippen molar-refractivity contribution in [3.05, 3.63) is 82.5 Å². The Hall–Kier alpha value is -3.23. The van der Waals surface area contributed by atoms with Crippen LogP contribution in [0.15, 0.2) is 54.6 Å². The number of halogens is 6. The Morgan fingerprint density at radius 3 is 1.97 bits per heavy atom. The van der Waals surface area contributed by atoms with Crippen molar-refractivity contribution in [2.75, 3.05) is 0 Å². The van der Waals surface area contributed by atoms with E-state index in [9.17, 15) is 31.1 Å². The predicted octanol–water partition coefficient (Wildman–Crippen LogP) is 6.23. The lowest BCUT2D eigenvalue weighted by Gasteiger charge is -2.16. The van der Waals surface area contributed by atoms with Crippen molar-refractivity contribution >= 4 is 5.91 Å². The Bertz CT molecular complexity index is 1080. The highest BCUT2D eigenvalue weighted by Crippen LogP contribution is 2.39. The molecule has 2 N–H and O–H groups in total. The highest BCUT2D eigenvalue weighted by Gasteiger charge is 2.37. The highest BCUT2D eigenvalue weighted by atomic mass is 19.4. The van der Waals surface area contributed by atoms with Gasteiger partial charge in [-0.25, -0.2) is 0 Å². The van der Waals surface area contributed by atoms with Crippen molar-refractivity contribution in [2.24, 2.45) is 5.73 Å². The van der Waals surface area contributed by atoms with E-state index in [4.69, 9.17) is 5.73 Å². The van der Waals surface area contributed by atoms with Gasteiger partial charge in [-0.05, 0) is 55.2 Å². The van der Waals surface area contributed by atoms with Gasteiger partial charge in [-0.1, -0.05) is 30.3 Å². The number of carbonyl (C=O) groups excluding carboxylic acids is 1. The zero-order valence-electron chi connectivity index (χ0n) is 17.0. The largest absolute Gasteiger partial charge is 0.416 e. The van der Waals surface area contributed by atoms with Crippen molar-refractivity contribution in [3.63, 3.8) is 0 Å². The van der Waals surface area contributed by atoms with Crippen LogP contribution in [0.25, 0.3) is 11.3 Å². The number of carbonyl (C=O) groups is 1. The summed E-state index contributed by atoms with van der Waals surface area (Å²) in [4.78, 5) is 11.8. The van der Waals surface area contributed by atoms with Gasteiger partial charge in [-0.3, -0.25) is 4.79 Å². The topological polar surface area (TPSA) is 48.0 Å². The normalized spacial score (nSPS) is 12.2. The molecule has 0 fully saturated rings. The first-order chi connectivity index (χ1) is 14.9. The Balaban J connectivity index is 2.08. The monoisotopic (exact) mass is 454 g/mol. The summed E-state index contributed by atoms with van der Waals surface area (Å²) < 4.78 is 81.4. The summed E-state index contributed by atoms with van der Waals surface area (Å²) in [7, 11) is 0. The highest BCUT2D eigenvalue weighted by molar-refractivity contribution is 5.95. The molecule has 0 unspecified atom stereocenters. The molecule has 1 heterocycles. The number of nitrogens with two attached hydrogens (primary N) is 1. The third-order valence-corrected chi connectivity index (χ3v) is 5.21. The summed E-state index contributed by atoms with van der Waals surface area (Å²) in [6.07, 6.45) is -8.75. The molecule has 1 aromatic heterocycles. The Kier molecular flexibility index (Phi) is 6.39. The smallest absolute Gasteiger partial charge is 0.366 e. The van der Waals surface area contributed by atoms with Crippen molar-refractivity contribution in [3.8, 4) is 11.3 Å². The van der Waals surface area contributed by atoms with Gasteiger partial charge in [-0.15, -0.1) is 0 Å². The maximum absolute atomic E-state index is 13.3. The SMILES string of the molecule is Cc1c(C(N)=O)cc(-c2cc(C(F)(F)F)cc(C(F)(F)F)c2)n1CCCc1ccccc1. The number of alkyl halides is 6. The predicted molar refractivity (Wildman–Crippen MR) is 108 cm³/mol. The van der Waals surface area contributed by atoms with Crippen LogP contribution in [0, 0.1) is 6.92 Å². The Morgan fingerprint density at radius 2 is 1.47 bits per heavy atom. The maximum Gasteiger partial charge on any atom is 0.416 e. The average molecular weight is 454 g/mol. The van der Waals surface area contributed by atoms with Gasteiger partial charge in [0.25, 0.3) is 5.91 Å². The quantitative estimate of drug-likeness (QED) is 0.441. The minimum absolute atomic E-state index is 0.0469. The number of nitrogens with zero attached hydrogens (tertiary/aromatic N) is 1. The summed E-state index contributed by atoms with van der Waals surface area (Å²) in [5, 5.41) is 0. The lowest BCUT2D eigenvalue weighted by atomic mass is 10.0. The number of benzene rings is 2. The fraction of sp³-hybridized carbons (Fsp3) is 0.261. The summed E-state index contributed by atoms with van der Waals surface area (Å²) in [5.41, 5.74) is 3.79. The molecule has 1 amide bonds. The second-order valence-corrected chi connectivity index (χ2v) is 7.43. The van der Waals surface area contributed by atoms with Crippen LogP contribution in [0.4, 0.5) is 26.3 Å². The maximum atomic E-state index is 13.3. The van der Waals surface area contributed by atoms with Gasteiger partial charge in [-0.2, -0.15) is 26.3 Å². The molecule has 0 bridgehead atoms. The number of rotatable bonds is 6. The van der Waals surface area contributed by atoms with Gasteiger partial charge in [0.1, 0.15) is 0 Å². The molecule has 0 aliphatic carbocycles. The molecular weight excluding hydrogens is 434 g/mol. The lowest BCUT2D eigenvalue weighted by molar-refractivity contribution is -0.143. The standard InChI is InChI=1S/C23H20F6N2O/c1-14-19(21(30)32)13-20(31(14)9-5-8-15-6-3-2-4-7-15)16-10-17(22(24,25)26)12-18(11-16)23(27,28)29/h2-4,6-7,10-13H,5,8-9H2,1H3,(H2,30,32). The van der Waals surface area contributed by atoms with Gasteiger partial charge in [0.2, 0.25) is 0 Å². The van der Waals surface area contributed by atoms with Crippen LogP contribution < -0.4 is 5.73 Å². The summed E-state index contributed by atoms with van der Waals surface area (Å²) in [6, 6.07) is 12.1. The van der Waals surface area contributed by atoms with E-state index in [1.165, 1.54) is 6.07 Å². The number of hydrogen-bond acceptors (Lipinski definition) is 1. The molecule has 3 nitrogen and oxygen atoms in total. The van der Waals surface area contributed by atoms with E-state index in [2.05, 4.69) is 0 Å². The summed E-state index contributed by atoms with van der Waals surface area (Å²) in [6.45, 7) is 1.84. The van der Waals surface area contributed by atoms with E-state index < -0.39 is 29.4 Å². The van der Waals surface area contributed by atoms with Crippen LogP contribution in [0.5, 0.6) is 0 Å². The molecule has 9 heteroatoms. The van der Waals surface area contributed by atoms with Gasteiger partial charge < -0.3 is 10.3 Å². The molecular formula is C23H20F6N2O. The molecule has 2 aromatic carbocycles. The number of hydrogen-bond donors (Lipinski definition) is 1. The van der Waals surface area contributed by atoms with Crippen molar-refractivity contribution in [1.82, 2.24) is 4.57 Å². The van der Waals surface area contributed by atoms with Crippen LogP contribution in [-0.2, 0) is 25.3 Å². The molecule has 0 saturated heterocycles. The molecule has 0 spiro atoms. The fourth-order valence-electron chi connectivity index (χ4n) is 3.61. The third-order valence-electron chi connectivity index (χ3n) is 5.21. The zero-order valence-corrected chi connectivity index (χ0v) is 17.0. The zero-order chi connectivity index (χ0) is 23.7. The Morgan fingerprint density at radius 1 is 0.906 bits per heavy atom. The first kappa shape index (κ1) is 23.4.